The van der Waals surface area contributed by atoms with E-state index in [-0.39, 0.29) is 38.6 Å². The van der Waals surface area contributed by atoms with Crippen molar-refractivity contribution in [2.24, 2.45) is 0 Å². The Kier molecular flexibility index (Phi) is 24.3. The summed E-state index contributed by atoms with van der Waals surface area (Å²) in [6.45, 7) is 3.22. The maximum atomic E-state index is 10.2. The first kappa shape index (κ1) is 24.3. The zero-order chi connectivity index (χ0) is 10.3. The molecule has 0 aliphatic carbocycles. The molecule has 85 valence electrons. The molecule has 0 N–H and O–H groups in total. The SMILES string of the molecule is CC([O-])N(C)C.CC([O-])N(C)C.[Cl-].[Zr+3]. The molecule has 1 radical (unpaired) electrons. The van der Waals surface area contributed by atoms with Crippen molar-refractivity contribution >= 4 is 0 Å². The van der Waals surface area contributed by atoms with E-state index in [4.69, 9.17) is 0 Å². The Bertz CT molecular complexity index is 79.3. The third-order valence-corrected chi connectivity index (χ3v) is 1.45. The minimum atomic E-state index is -0.565. The number of rotatable bonds is 2. The van der Waals surface area contributed by atoms with Crippen molar-refractivity contribution in [2.45, 2.75) is 26.3 Å². The normalized spacial score (nSPS) is 13.3. The van der Waals surface area contributed by atoms with Crippen molar-refractivity contribution < 1.29 is 48.8 Å². The standard InChI is InChI=1S/2C4H10NO.ClH.Zr/c2*1-4(6)5(2)3;;/h2*4H,1-3H3;1H;/q2*-1;;+3/p-1. The zero-order valence-corrected chi connectivity index (χ0v) is 13.0. The molecular weight excluding hydrogens is 283 g/mol. The van der Waals surface area contributed by atoms with Crippen molar-refractivity contribution in [1.29, 1.82) is 0 Å². The summed E-state index contributed by atoms with van der Waals surface area (Å²) in [7, 11) is 7.05. The fraction of sp³-hybridized carbons (Fsp3) is 1.00. The van der Waals surface area contributed by atoms with Crippen LogP contribution >= 0.6 is 0 Å². The Morgan fingerprint density at radius 2 is 0.857 bits per heavy atom. The van der Waals surface area contributed by atoms with E-state index in [2.05, 4.69) is 0 Å². The Hall–Kier alpha value is 1.01. The minimum Gasteiger partial charge on any atom is -1.00 e. The number of halogens is 1. The van der Waals surface area contributed by atoms with Gasteiger partial charge in [0.05, 0.1) is 0 Å². The maximum Gasteiger partial charge on any atom is 3.00 e. The van der Waals surface area contributed by atoms with Crippen molar-refractivity contribution in [1.82, 2.24) is 9.80 Å². The van der Waals surface area contributed by atoms with Crippen molar-refractivity contribution in [3.8, 4) is 0 Å². The Labute approximate surface area is 113 Å². The van der Waals surface area contributed by atoms with Crippen LogP contribution in [0.1, 0.15) is 13.8 Å². The van der Waals surface area contributed by atoms with Crippen LogP contribution in [0.15, 0.2) is 0 Å². The molecular formula is C8H20ClN2O2Zr. The topological polar surface area (TPSA) is 52.6 Å². The molecule has 14 heavy (non-hydrogen) atoms. The summed E-state index contributed by atoms with van der Waals surface area (Å²) < 4.78 is 0. The van der Waals surface area contributed by atoms with Crippen molar-refractivity contribution in [3.05, 3.63) is 0 Å². The number of hydrogen-bond acceptors (Lipinski definition) is 4. The second-order valence-electron chi connectivity index (χ2n) is 3.13. The van der Waals surface area contributed by atoms with Crippen LogP contribution in [0.3, 0.4) is 0 Å². The van der Waals surface area contributed by atoms with Crippen LogP contribution in [0.25, 0.3) is 0 Å². The second-order valence-corrected chi connectivity index (χ2v) is 3.13. The molecule has 6 heteroatoms. The molecule has 0 aromatic rings. The van der Waals surface area contributed by atoms with Gasteiger partial charge in [-0.25, -0.2) is 0 Å². The Morgan fingerprint density at radius 3 is 0.857 bits per heavy atom. The molecule has 0 aromatic heterocycles. The van der Waals surface area contributed by atoms with Gasteiger partial charge in [0.1, 0.15) is 0 Å². The molecule has 0 saturated carbocycles. The van der Waals surface area contributed by atoms with Crippen LogP contribution in [0.5, 0.6) is 0 Å². The molecule has 0 amide bonds. The van der Waals surface area contributed by atoms with Crippen LogP contribution in [0, 0.1) is 0 Å². The average molecular weight is 303 g/mol. The summed E-state index contributed by atoms with van der Waals surface area (Å²) in [5, 5.41) is 20.3. The van der Waals surface area contributed by atoms with Crippen LogP contribution in [-0.4, -0.2) is 50.4 Å². The van der Waals surface area contributed by atoms with Gasteiger partial charge in [-0.1, -0.05) is 26.3 Å². The third kappa shape index (κ3) is 23.1. The average Bonchev–Trinajstić information content (AvgIpc) is 1.88. The van der Waals surface area contributed by atoms with Gasteiger partial charge in [-0.05, 0) is 28.2 Å². The van der Waals surface area contributed by atoms with Gasteiger partial charge in [-0.2, -0.15) is 0 Å². The van der Waals surface area contributed by atoms with Crippen LogP contribution in [0.2, 0.25) is 0 Å². The van der Waals surface area contributed by atoms with E-state index in [1.54, 1.807) is 51.8 Å². The summed E-state index contributed by atoms with van der Waals surface area (Å²) in [6, 6.07) is 0. The molecule has 4 nitrogen and oxygen atoms in total. The third-order valence-electron chi connectivity index (χ3n) is 1.45. The molecule has 0 fully saturated rings. The summed E-state index contributed by atoms with van der Waals surface area (Å²) in [6.07, 6.45) is -1.13. The smallest absolute Gasteiger partial charge is 1.00 e. The zero-order valence-electron chi connectivity index (χ0n) is 9.74. The monoisotopic (exact) mass is 301 g/mol. The molecule has 0 rings (SSSR count). The molecule has 0 heterocycles. The molecule has 2 atom stereocenters. The van der Waals surface area contributed by atoms with E-state index < -0.39 is 12.5 Å². The molecule has 2 unspecified atom stereocenters. The predicted octanol–water partition coefficient (Wildman–Crippen LogP) is -4.49. The van der Waals surface area contributed by atoms with Crippen molar-refractivity contribution in [2.75, 3.05) is 28.2 Å². The first-order valence-electron chi connectivity index (χ1n) is 3.93. The first-order chi connectivity index (χ1) is 5.29. The summed E-state index contributed by atoms with van der Waals surface area (Å²) in [5.41, 5.74) is 0. The minimum absolute atomic E-state index is 0. The van der Waals surface area contributed by atoms with Crippen LogP contribution in [0.4, 0.5) is 0 Å². The largest absolute Gasteiger partial charge is 3.00 e. The summed E-state index contributed by atoms with van der Waals surface area (Å²) >= 11 is 0. The van der Waals surface area contributed by atoms with Gasteiger partial charge in [-0.15, -0.1) is 0 Å². The van der Waals surface area contributed by atoms with Gasteiger partial charge >= 0.3 is 26.2 Å². The van der Waals surface area contributed by atoms with Gasteiger partial charge in [0, 0.05) is 0 Å². The molecule has 0 aromatic carbocycles. The second kappa shape index (κ2) is 14.0. The van der Waals surface area contributed by atoms with Crippen LogP contribution < -0.4 is 22.6 Å². The summed E-state index contributed by atoms with van der Waals surface area (Å²) in [4.78, 5) is 3.22. The van der Waals surface area contributed by atoms with E-state index >= 15 is 0 Å². The quantitative estimate of drug-likeness (QED) is 0.483. The summed E-state index contributed by atoms with van der Waals surface area (Å²) in [5.74, 6) is 0. The Balaban J connectivity index is -0.0000000625. The first-order valence-corrected chi connectivity index (χ1v) is 3.93. The fourth-order valence-electron chi connectivity index (χ4n) is 0. The molecule has 0 saturated heterocycles. The maximum absolute atomic E-state index is 10.2. The van der Waals surface area contributed by atoms with E-state index in [0.717, 1.165) is 0 Å². The molecule has 0 aliphatic rings. The molecule has 0 bridgehead atoms. The predicted molar refractivity (Wildman–Crippen MR) is 46.3 cm³/mol. The fourth-order valence-corrected chi connectivity index (χ4v) is 0. The van der Waals surface area contributed by atoms with E-state index in [1.807, 2.05) is 0 Å². The van der Waals surface area contributed by atoms with Gasteiger partial charge in [0.2, 0.25) is 0 Å². The van der Waals surface area contributed by atoms with Crippen LogP contribution in [-0.2, 0) is 26.2 Å². The van der Waals surface area contributed by atoms with Gasteiger partial charge in [-0.3, -0.25) is 0 Å². The number of hydrogen-bond donors (Lipinski definition) is 0. The van der Waals surface area contributed by atoms with Gasteiger partial charge in [0.15, 0.2) is 0 Å². The van der Waals surface area contributed by atoms with Gasteiger partial charge < -0.3 is 32.4 Å². The molecule has 0 aliphatic heterocycles. The number of nitrogens with zero attached hydrogens (tertiary/aromatic N) is 2. The van der Waals surface area contributed by atoms with E-state index in [9.17, 15) is 10.2 Å². The van der Waals surface area contributed by atoms with E-state index in [1.165, 1.54) is 0 Å². The van der Waals surface area contributed by atoms with E-state index in [0.29, 0.717) is 0 Å². The van der Waals surface area contributed by atoms with Gasteiger partial charge in [0.25, 0.3) is 0 Å². The Morgan fingerprint density at radius 1 is 0.786 bits per heavy atom. The van der Waals surface area contributed by atoms with Crippen molar-refractivity contribution in [3.63, 3.8) is 0 Å². The molecule has 0 spiro atoms.